The minimum absolute atomic E-state index is 0. The molecule has 0 spiro atoms. The number of nitro groups is 2. The Morgan fingerprint density at radius 1 is 0.775 bits per heavy atom. The van der Waals surface area contributed by atoms with Gasteiger partial charge >= 0.3 is 235 Å². The number of phenolic OH excluding ortho intramolecular Hbond substituents is 2. The van der Waals surface area contributed by atoms with E-state index >= 15 is 0 Å². The van der Waals surface area contributed by atoms with Crippen LogP contribution in [0.1, 0.15) is 89.5 Å². The van der Waals surface area contributed by atoms with Crippen molar-refractivity contribution < 1.29 is 55.2 Å². The molecule has 0 bridgehead atoms. The fourth-order valence-electron chi connectivity index (χ4n) is 5.26. The van der Waals surface area contributed by atoms with Crippen molar-refractivity contribution in [1.29, 1.82) is 0 Å². The number of nitrogens with zero attached hydrogens (tertiary/aromatic N) is 4. The largest absolute Gasteiger partial charge is 1.00 e. The molecule has 1 aliphatic carbocycles. The molecule has 1 saturated carbocycles. The molecule has 2 aliphatic rings. The maximum absolute atomic E-state index is 11.7. The Morgan fingerprint density at radius 3 is 1.43 bits per heavy atom. The first-order valence-corrected chi connectivity index (χ1v) is 14.2. The molecule has 0 amide bonds. The van der Waals surface area contributed by atoms with E-state index in [2.05, 4.69) is 7.12 Å². The molecule has 40 heavy (non-hydrogen) atoms. The minimum Gasteiger partial charge on any atom is -1.00 e. The first-order chi connectivity index (χ1) is 18.1. The average molecular weight is 612 g/mol. The molecule has 0 radical (unpaired) electrons. The smallest absolute Gasteiger partial charge is 1.00 e. The number of aromatic hydroxyl groups is 2. The molecule has 216 valence electrons. The van der Waals surface area contributed by atoms with Crippen molar-refractivity contribution in [3.8, 4) is 11.5 Å². The van der Waals surface area contributed by atoms with Crippen molar-refractivity contribution >= 4 is 23.8 Å². The van der Waals surface area contributed by atoms with Crippen LogP contribution in [0.4, 0.5) is 11.4 Å². The van der Waals surface area contributed by atoms with E-state index in [-0.39, 0.29) is 63.0 Å². The van der Waals surface area contributed by atoms with Gasteiger partial charge in [-0.3, -0.25) is 0 Å². The van der Waals surface area contributed by atoms with Gasteiger partial charge in [-0.25, -0.2) is 0 Å². The number of nitro benzene ring substituents is 2. The normalized spacial score (nSPS) is 21.2. The molecule has 2 aromatic rings. The van der Waals surface area contributed by atoms with E-state index in [0.29, 0.717) is 22.3 Å². The van der Waals surface area contributed by atoms with E-state index in [0.717, 1.165) is 25.7 Å². The van der Waals surface area contributed by atoms with Crippen LogP contribution in [0.15, 0.2) is 24.3 Å². The molecule has 2 N–H and O–H groups in total. The standard InChI is InChI=1S/C28H36N4O6.ClH.Cr/c1-27(2,3)21-13-19(31(35)36)11-17(25(21)33)15-29-23-9-7-8-10-24(23)30-16-18-12-20(32(37)38)14-22(26(18)34)28(4,5)6;;/h11-16,23-24,33-34H,7-10H2,1-6H3;1H;/q;;+2/p-1/t23-,24-;;/m1../s1. The van der Waals surface area contributed by atoms with Gasteiger partial charge in [-0.2, -0.15) is 0 Å². The predicted molar refractivity (Wildman–Crippen MR) is 144 cm³/mol. The van der Waals surface area contributed by atoms with Gasteiger partial charge in [0.1, 0.15) is 0 Å². The summed E-state index contributed by atoms with van der Waals surface area (Å²) in [6.45, 7) is 11.4. The molecule has 1 aliphatic heterocycles. The summed E-state index contributed by atoms with van der Waals surface area (Å²) < 4.78 is 4.30. The van der Waals surface area contributed by atoms with E-state index < -0.39 is 20.7 Å². The molecular weight excluding hydrogens is 576 g/mol. The molecule has 0 unspecified atom stereocenters. The molecule has 1 saturated heterocycles. The number of rotatable bonds is 4. The van der Waals surface area contributed by atoms with E-state index in [1.807, 2.05) is 54.0 Å². The second kappa shape index (κ2) is 11.5. The maximum atomic E-state index is 11.7. The van der Waals surface area contributed by atoms with Crippen molar-refractivity contribution in [2.75, 3.05) is 0 Å². The van der Waals surface area contributed by atoms with Crippen molar-refractivity contribution in [3.63, 3.8) is 0 Å². The van der Waals surface area contributed by atoms with Gasteiger partial charge in [-0.05, 0) is 0 Å². The summed E-state index contributed by atoms with van der Waals surface area (Å²) in [5, 5.41) is 45.6. The summed E-state index contributed by atoms with van der Waals surface area (Å²) in [7, 11) is 0. The molecule has 2 aromatic carbocycles. The monoisotopic (exact) mass is 611 g/mol. The summed E-state index contributed by atoms with van der Waals surface area (Å²) in [4.78, 5) is 22.5. The molecule has 1 heterocycles. The van der Waals surface area contributed by atoms with Crippen molar-refractivity contribution in [3.05, 3.63) is 66.7 Å². The number of halogens is 1. The first-order valence-electron chi connectivity index (χ1n) is 13.1. The Labute approximate surface area is 246 Å². The van der Waals surface area contributed by atoms with Crippen LogP contribution >= 0.6 is 0 Å². The molecule has 0 aromatic heterocycles. The third-order valence-corrected chi connectivity index (χ3v) is 9.12. The van der Waals surface area contributed by atoms with Crippen LogP contribution in [0.2, 0.25) is 0 Å². The Balaban J connectivity index is 0.00000441. The molecule has 12 heteroatoms. The van der Waals surface area contributed by atoms with Crippen LogP contribution in [0, 0.1) is 20.2 Å². The van der Waals surface area contributed by atoms with Crippen molar-refractivity contribution in [2.24, 2.45) is 0 Å². The fraction of sp³-hybridized carbons (Fsp3) is 0.500. The Morgan fingerprint density at radius 2 is 1.12 bits per heavy atom. The summed E-state index contributed by atoms with van der Waals surface area (Å²) in [6, 6.07) is 5.93. The van der Waals surface area contributed by atoms with Crippen molar-refractivity contribution in [2.45, 2.75) is 90.1 Å². The molecule has 4 rings (SSSR count). The summed E-state index contributed by atoms with van der Waals surface area (Å²) in [5.41, 5.74) is 0.680. The second-order valence-corrected chi connectivity index (χ2v) is 13.9. The zero-order valence-corrected chi connectivity index (χ0v) is 25.6. The van der Waals surface area contributed by atoms with Crippen LogP contribution in [0.5, 0.6) is 11.5 Å². The molecule has 2 atom stereocenters. The number of phenols is 2. The van der Waals surface area contributed by atoms with Crippen LogP contribution in [0.25, 0.3) is 0 Å². The van der Waals surface area contributed by atoms with E-state index in [1.165, 1.54) is 24.3 Å². The van der Waals surface area contributed by atoms with E-state index in [9.17, 15) is 30.4 Å². The zero-order chi connectivity index (χ0) is 28.9. The maximum Gasteiger partial charge on any atom is -1.00 e. The Kier molecular flexibility index (Phi) is 9.04. The SMILES string of the molecule is CC(C)(C)c1cc([N+](=O)[O-])cc(C=[N+]2[Cr][N+](=Cc3cc([N+](=O)[O-])cc(C(C)(C)C)c3O)[C@@H]3CCCC[C@H]32)c1O.[Cl-]. The molecular formula is C28H36ClCrN4O6+. The summed E-state index contributed by atoms with van der Waals surface area (Å²) >= 11 is -0.308. The number of non-ortho nitro benzene ring substituents is 2. The Hall–Kier alpha value is -3.00. The number of benzene rings is 2. The van der Waals surface area contributed by atoms with Crippen LogP contribution in [-0.4, -0.2) is 51.7 Å². The van der Waals surface area contributed by atoms with Gasteiger partial charge in [-0.1, -0.05) is 0 Å². The third kappa shape index (κ3) is 6.32. The van der Waals surface area contributed by atoms with Crippen LogP contribution in [0.3, 0.4) is 0 Å². The molecule has 2 fully saturated rings. The first kappa shape index (κ1) is 31.5. The molecule has 10 nitrogen and oxygen atoms in total. The minimum atomic E-state index is -0.494. The summed E-state index contributed by atoms with van der Waals surface area (Å²) in [5.74, 6) is 0.0645. The zero-order valence-electron chi connectivity index (χ0n) is 23.5. The predicted octanol–water partition coefficient (Wildman–Crippen LogP) is 2.31. The van der Waals surface area contributed by atoms with Gasteiger partial charge in [0.05, 0.1) is 0 Å². The number of hydrogen-bond acceptors (Lipinski definition) is 6. The van der Waals surface area contributed by atoms with Crippen molar-refractivity contribution in [1.82, 2.24) is 0 Å². The Bertz CT molecular complexity index is 1310. The topological polar surface area (TPSA) is 133 Å². The van der Waals surface area contributed by atoms with Crippen LogP contribution in [-0.2, 0) is 26.5 Å². The van der Waals surface area contributed by atoms with Gasteiger partial charge in [0.2, 0.25) is 0 Å². The third-order valence-electron chi connectivity index (χ3n) is 7.35. The quantitative estimate of drug-likeness (QED) is 0.403. The fourth-order valence-corrected chi connectivity index (χ4v) is 7.25. The average Bonchev–Trinajstić information content (AvgIpc) is 3.17. The van der Waals surface area contributed by atoms with Gasteiger partial charge in [-0.15, -0.1) is 0 Å². The number of fused-ring (bicyclic) bond motifs is 1. The number of hydrogen-bond donors (Lipinski definition) is 2. The van der Waals surface area contributed by atoms with Gasteiger partial charge in [0, 0.05) is 0 Å². The van der Waals surface area contributed by atoms with Gasteiger partial charge in [0.15, 0.2) is 0 Å². The van der Waals surface area contributed by atoms with Gasteiger partial charge in [0.25, 0.3) is 0 Å². The van der Waals surface area contributed by atoms with E-state index in [4.69, 9.17) is 0 Å². The summed E-state index contributed by atoms with van der Waals surface area (Å²) in [6.07, 6.45) is 7.57. The second-order valence-electron chi connectivity index (χ2n) is 12.4. The van der Waals surface area contributed by atoms with E-state index in [1.54, 1.807) is 0 Å². The van der Waals surface area contributed by atoms with Gasteiger partial charge < -0.3 is 12.4 Å². The van der Waals surface area contributed by atoms with Crippen LogP contribution < -0.4 is 12.4 Å².